The summed E-state index contributed by atoms with van der Waals surface area (Å²) >= 11 is 6.09. The third-order valence-electron chi connectivity index (χ3n) is 4.82. The minimum absolute atomic E-state index is 0.229. The predicted octanol–water partition coefficient (Wildman–Crippen LogP) is 5.41. The Bertz CT molecular complexity index is 1230. The molecule has 5 nitrogen and oxygen atoms in total. The molecule has 0 aliphatic carbocycles. The summed E-state index contributed by atoms with van der Waals surface area (Å²) in [6.07, 6.45) is 0.417. The summed E-state index contributed by atoms with van der Waals surface area (Å²) in [6.45, 7) is 0. The quantitative estimate of drug-likeness (QED) is 0.435. The van der Waals surface area contributed by atoms with Crippen LogP contribution in [0.25, 0.3) is 22.2 Å². The van der Waals surface area contributed by atoms with Crippen molar-refractivity contribution in [2.45, 2.75) is 6.42 Å². The largest absolute Gasteiger partial charge is 0.497 e. The van der Waals surface area contributed by atoms with Gasteiger partial charge < -0.3 is 14.5 Å². The molecule has 0 spiro atoms. The van der Waals surface area contributed by atoms with Crippen molar-refractivity contribution in [3.8, 4) is 17.0 Å². The van der Waals surface area contributed by atoms with E-state index in [4.69, 9.17) is 21.1 Å². The van der Waals surface area contributed by atoms with Crippen LogP contribution in [0.2, 0.25) is 5.02 Å². The zero-order chi connectivity index (χ0) is 21.3. The van der Waals surface area contributed by atoms with E-state index in [-0.39, 0.29) is 5.69 Å². The molecule has 0 atom stereocenters. The number of aromatic amines is 1. The second-order valence-electron chi connectivity index (χ2n) is 6.73. The number of hydrogen-bond acceptors (Lipinski definition) is 4. The number of rotatable bonds is 5. The van der Waals surface area contributed by atoms with E-state index in [0.29, 0.717) is 28.5 Å². The minimum Gasteiger partial charge on any atom is -0.497 e. The maximum atomic E-state index is 14.0. The summed E-state index contributed by atoms with van der Waals surface area (Å²) in [5.41, 5.74) is 4.00. The van der Waals surface area contributed by atoms with Crippen LogP contribution in [-0.2, 0) is 11.2 Å². The number of halogens is 2. The Labute approximate surface area is 177 Å². The zero-order valence-electron chi connectivity index (χ0n) is 16.3. The smallest absolute Gasteiger partial charge is 0.356 e. The number of aromatic nitrogens is 2. The van der Waals surface area contributed by atoms with Crippen LogP contribution in [0.5, 0.6) is 5.75 Å². The maximum absolute atomic E-state index is 14.0. The van der Waals surface area contributed by atoms with E-state index in [1.54, 1.807) is 25.3 Å². The first-order valence-electron chi connectivity index (χ1n) is 9.18. The van der Waals surface area contributed by atoms with Crippen LogP contribution in [-0.4, -0.2) is 30.2 Å². The Morgan fingerprint density at radius 2 is 1.97 bits per heavy atom. The number of H-pyrrole nitrogens is 1. The van der Waals surface area contributed by atoms with Gasteiger partial charge in [-0.25, -0.2) is 14.2 Å². The summed E-state index contributed by atoms with van der Waals surface area (Å²) in [6, 6.07) is 15.3. The number of carbonyl (C=O) groups excluding carboxylic acids is 1. The van der Waals surface area contributed by atoms with Crippen LogP contribution in [0.1, 0.15) is 21.7 Å². The lowest BCUT2D eigenvalue weighted by atomic mass is 10.0. The first-order chi connectivity index (χ1) is 14.5. The van der Waals surface area contributed by atoms with Crippen LogP contribution < -0.4 is 4.74 Å². The Kier molecular flexibility index (Phi) is 5.42. The number of pyridine rings is 1. The molecule has 2 heterocycles. The minimum atomic E-state index is -0.502. The monoisotopic (exact) mass is 424 g/mol. The molecule has 2 aromatic carbocycles. The molecule has 0 fully saturated rings. The maximum Gasteiger partial charge on any atom is 0.356 e. The standard InChI is InChI=1S/C23H18ClFN2O3/c1-29-17-6-7-18-19(11-16-4-3-5-20(26-16)23(28)30-2)22(27-21(18)12-17)13-8-14(24)10-15(25)9-13/h3-10,12,27H,11H2,1-2H3. The average Bonchev–Trinajstić information content (AvgIpc) is 3.10. The highest BCUT2D eigenvalue weighted by Gasteiger charge is 2.17. The summed E-state index contributed by atoms with van der Waals surface area (Å²) in [5.74, 6) is -0.229. The van der Waals surface area contributed by atoms with E-state index >= 15 is 0 Å². The third-order valence-corrected chi connectivity index (χ3v) is 5.04. The van der Waals surface area contributed by atoms with E-state index < -0.39 is 11.8 Å². The highest BCUT2D eigenvalue weighted by Crippen LogP contribution is 2.35. The zero-order valence-corrected chi connectivity index (χ0v) is 17.1. The number of hydrogen-bond donors (Lipinski definition) is 1. The lowest BCUT2D eigenvalue weighted by molar-refractivity contribution is 0.0593. The van der Waals surface area contributed by atoms with E-state index in [0.717, 1.165) is 22.2 Å². The molecular formula is C23H18ClFN2O3. The van der Waals surface area contributed by atoms with Gasteiger partial charge in [0.2, 0.25) is 0 Å². The second kappa shape index (κ2) is 8.16. The summed E-state index contributed by atoms with van der Waals surface area (Å²) in [5, 5.41) is 1.24. The molecule has 0 amide bonds. The van der Waals surface area contributed by atoms with Crippen molar-refractivity contribution >= 4 is 28.5 Å². The number of benzene rings is 2. The molecule has 30 heavy (non-hydrogen) atoms. The van der Waals surface area contributed by atoms with Gasteiger partial charge in [0.25, 0.3) is 0 Å². The average molecular weight is 425 g/mol. The predicted molar refractivity (Wildman–Crippen MR) is 114 cm³/mol. The second-order valence-corrected chi connectivity index (χ2v) is 7.17. The van der Waals surface area contributed by atoms with Gasteiger partial charge >= 0.3 is 5.97 Å². The van der Waals surface area contributed by atoms with Crippen LogP contribution in [0.15, 0.2) is 54.6 Å². The SMILES string of the molecule is COC(=O)c1cccc(Cc2c(-c3cc(F)cc(Cl)c3)[nH]c3cc(OC)ccc23)n1. The molecule has 0 unspecified atom stereocenters. The summed E-state index contributed by atoms with van der Waals surface area (Å²) in [4.78, 5) is 19.6. The number of ether oxygens (including phenoxy) is 2. The number of esters is 1. The molecule has 2 aromatic heterocycles. The molecule has 0 saturated heterocycles. The van der Waals surface area contributed by atoms with Crippen molar-refractivity contribution in [2.75, 3.05) is 14.2 Å². The number of nitrogens with one attached hydrogen (secondary N) is 1. The van der Waals surface area contributed by atoms with Gasteiger partial charge in [-0.05, 0) is 48.0 Å². The normalized spacial score (nSPS) is 10.9. The van der Waals surface area contributed by atoms with Crippen LogP contribution in [0.3, 0.4) is 0 Å². The Balaban J connectivity index is 1.88. The van der Waals surface area contributed by atoms with Crippen molar-refractivity contribution in [3.63, 3.8) is 0 Å². The molecular weight excluding hydrogens is 407 g/mol. The molecule has 0 bridgehead atoms. The molecule has 0 saturated carbocycles. The van der Waals surface area contributed by atoms with Gasteiger partial charge in [0.15, 0.2) is 0 Å². The Morgan fingerprint density at radius 3 is 2.70 bits per heavy atom. The highest BCUT2D eigenvalue weighted by atomic mass is 35.5. The van der Waals surface area contributed by atoms with Gasteiger partial charge in [-0.2, -0.15) is 0 Å². The Morgan fingerprint density at radius 1 is 1.13 bits per heavy atom. The van der Waals surface area contributed by atoms with E-state index in [1.807, 2.05) is 24.3 Å². The number of carbonyl (C=O) groups is 1. The molecule has 1 N–H and O–H groups in total. The molecule has 7 heteroatoms. The number of methoxy groups -OCH3 is 2. The van der Waals surface area contributed by atoms with Gasteiger partial charge in [-0.3, -0.25) is 0 Å². The van der Waals surface area contributed by atoms with Gasteiger partial charge in [0, 0.05) is 39.7 Å². The van der Waals surface area contributed by atoms with Crippen LogP contribution in [0, 0.1) is 5.82 Å². The topological polar surface area (TPSA) is 64.2 Å². The molecule has 152 valence electrons. The number of nitrogens with zero attached hydrogens (tertiary/aromatic N) is 1. The fraction of sp³-hybridized carbons (Fsp3) is 0.130. The van der Waals surface area contributed by atoms with Crippen LogP contribution in [0.4, 0.5) is 4.39 Å². The lowest BCUT2D eigenvalue weighted by Gasteiger charge is -2.08. The van der Waals surface area contributed by atoms with E-state index in [2.05, 4.69) is 9.97 Å². The van der Waals surface area contributed by atoms with Crippen molar-refractivity contribution in [2.24, 2.45) is 0 Å². The molecule has 0 radical (unpaired) electrons. The van der Waals surface area contributed by atoms with Gasteiger partial charge in [-0.1, -0.05) is 17.7 Å². The van der Waals surface area contributed by atoms with Gasteiger partial charge in [0.1, 0.15) is 17.3 Å². The van der Waals surface area contributed by atoms with Gasteiger partial charge in [0.05, 0.1) is 19.9 Å². The molecule has 0 aliphatic rings. The van der Waals surface area contributed by atoms with Crippen molar-refractivity contribution < 1.29 is 18.7 Å². The fourth-order valence-corrected chi connectivity index (χ4v) is 3.69. The first-order valence-corrected chi connectivity index (χ1v) is 9.55. The van der Waals surface area contributed by atoms with Crippen LogP contribution >= 0.6 is 11.6 Å². The third kappa shape index (κ3) is 3.86. The summed E-state index contributed by atoms with van der Waals surface area (Å²) < 4.78 is 24.1. The van der Waals surface area contributed by atoms with E-state index in [9.17, 15) is 9.18 Å². The highest BCUT2D eigenvalue weighted by molar-refractivity contribution is 6.30. The summed E-state index contributed by atoms with van der Waals surface area (Å²) in [7, 11) is 2.91. The fourth-order valence-electron chi connectivity index (χ4n) is 3.47. The lowest BCUT2D eigenvalue weighted by Crippen LogP contribution is -2.06. The first kappa shape index (κ1) is 19.9. The Hall–Kier alpha value is -3.38. The van der Waals surface area contributed by atoms with Crippen molar-refractivity contribution in [1.82, 2.24) is 9.97 Å². The van der Waals surface area contributed by atoms with E-state index in [1.165, 1.54) is 19.2 Å². The number of fused-ring (bicyclic) bond motifs is 1. The van der Waals surface area contributed by atoms with Gasteiger partial charge in [-0.15, -0.1) is 0 Å². The molecule has 4 aromatic rings. The molecule has 4 rings (SSSR count). The van der Waals surface area contributed by atoms with Crippen molar-refractivity contribution in [3.05, 3.63) is 82.4 Å². The molecule has 0 aliphatic heterocycles. The van der Waals surface area contributed by atoms with Crippen molar-refractivity contribution in [1.29, 1.82) is 0 Å².